The second-order valence-corrected chi connectivity index (χ2v) is 11.3. The van der Waals surface area contributed by atoms with Gasteiger partial charge in [0.05, 0.1) is 0 Å². The molecule has 8 nitrogen and oxygen atoms in total. The molecule has 2 aliphatic heterocycles. The highest BCUT2D eigenvalue weighted by Crippen LogP contribution is 2.35. The molecule has 43 heavy (non-hydrogen) atoms. The van der Waals surface area contributed by atoms with E-state index in [9.17, 15) is 18.8 Å². The van der Waals surface area contributed by atoms with Crippen molar-refractivity contribution in [3.8, 4) is 0 Å². The van der Waals surface area contributed by atoms with Gasteiger partial charge >= 0.3 is 6.09 Å². The summed E-state index contributed by atoms with van der Waals surface area (Å²) in [6.07, 6.45) is 2.25. The highest BCUT2D eigenvalue weighted by molar-refractivity contribution is 6.00. The van der Waals surface area contributed by atoms with Crippen LogP contribution in [0.2, 0.25) is 0 Å². The lowest BCUT2D eigenvalue weighted by atomic mass is 9.81. The Bertz CT molecular complexity index is 1380. The third-order valence-corrected chi connectivity index (χ3v) is 8.43. The average Bonchev–Trinajstić information content (AvgIpc) is 3.03. The Labute approximate surface area is 252 Å². The van der Waals surface area contributed by atoms with Gasteiger partial charge in [0.25, 0.3) is 0 Å². The van der Waals surface area contributed by atoms with Crippen molar-refractivity contribution in [2.75, 3.05) is 26.2 Å². The van der Waals surface area contributed by atoms with Crippen molar-refractivity contribution in [3.05, 3.63) is 107 Å². The van der Waals surface area contributed by atoms with E-state index in [0.717, 1.165) is 18.5 Å². The van der Waals surface area contributed by atoms with Crippen LogP contribution in [0.3, 0.4) is 0 Å². The van der Waals surface area contributed by atoms with Gasteiger partial charge in [-0.15, -0.1) is 0 Å². The molecule has 9 heteroatoms. The molecule has 2 aliphatic rings. The Hall–Kier alpha value is -4.24. The van der Waals surface area contributed by atoms with Crippen molar-refractivity contribution in [2.24, 2.45) is 0 Å². The number of rotatable bonds is 11. The molecule has 0 radical (unpaired) electrons. The van der Waals surface area contributed by atoms with E-state index < -0.39 is 17.7 Å². The topological polar surface area (TPSA) is 91.0 Å². The third kappa shape index (κ3) is 7.78. The third-order valence-electron chi connectivity index (χ3n) is 8.43. The number of hydrogen-bond acceptors (Lipinski definition) is 5. The van der Waals surface area contributed by atoms with Crippen LogP contribution in [-0.4, -0.2) is 65.5 Å². The van der Waals surface area contributed by atoms with E-state index in [-0.39, 0.29) is 30.8 Å². The summed E-state index contributed by atoms with van der Waals surface area (Å²) in [6, 6.07) is 25.2. The molecule has 3 amide bonds. The maximum Gasteiger partial charge on any atom is 0.407 e. The number of piperazine rings is 1. The zero-order valence-corrected chi connectivity index (χ0v) is 24.3. The predicted molar refractivity (Wildman–Crippen MR) is 161 cm³/mol. The number of carbonyl (C=O) groups is 3. The quantitative estimate of drug-likeness (QED) is 0.325. The second-order valence-electron chi connectivity index (χ2n) is 11.3. The van der Waals surface area contributed by atoms with Gasteiger partial charge in [0.15, 0.2) is 0 Å². The number of carbonyl (C=O) groups excluding carboxylic acids is 3. The van der Waals surface area contributed by atoms with Crippen molar-refractivity contribution in [1.29, 1.82) is 0 Å². The Kier molecular flexibility index (Phi) is 10.0. The molecule has 3 aromatic carbocycles. The predicted octanol–water partition coefficient (Wildman–Crippen LogP) is 4.44. The highest BCUT2D eigenvalue weighted by atomic mass is 19.1. The summed E-state index contributed by atoms with van der Waals surface area (Å²) in [4.78, 5) is 43.8. The van der Waals surface area contributed by atoms with Gasteiger partial charge in [-0.2, -0.15) is 0 Å². The van der Waals surface area contributed by atoms with Gasteiger partial charge < -0.3 is 25.2 Å². The molecule has 2 fully saturated rings. The molecule has 226 valence electrons. The SMILES string of the molecule is O=C(NCCC[C@@H]1NC(=O)C2(CCN(CCc3ccccc3)CC2)N(Cc2cccc(F)c2)C1=O)OCc1ccccc1. The van der Waals surface area contributed by atoms with Crippen molar-refractivity contribution in [1.82, 2.24) is 20.4 Å². The van der Waals surface area contributed by atoms with Crippen molar-refractivity contribution in [3.63, 3.8) is 0 Å². The van der Waals surface area contributed by atoms with Gasteiger partial charge in [0.2, 0.25) is 11.8 Å². The number of piperidine rings is 1. The number of halogens is 1. The lowest BCUT2D eigenvalue weighted by Crippen LogP contribution is -2.72. The van der Waals surface area contributed by atoms with Gasteiger partial charge in [-0.3, -0.25) is 9.59 Å². The van der Waals surface area contributed by atoms with Crippen LogP contribution in [0.25, 0.3) is 0 Å². The number of hydrogen-bond donors (Lipinski definition) is 2. The second kappa shape index (κ2) is 14.3. The molecule has 2 N–H and O–H groups in total. The van der Waals surface area contributed by atoms with E-state index in [1.165, 1.54) is 17.7 Å². The maximum atomic E-state index is 14.1. The van der Waals surface area contributed by atoms with E-state index in [4.69, 9.17) is 4.74 Å². The summed E-state index contributed by atoms with van der Waals surface area (Å²) in [5.41, 5.74) is 1.82. The van der Waals surface area contributed by atoms with Gasteiger partial charge in [0, 0.05) is 32.7 Å². The van der Waals surface area contributed by atoms with Gasteiger partial charge in [-0.05, 0) is 60.9 Å². The molecule has 0 saturated carbocycles. The minimum absolute atomic E-state index is 0.161. The monoisotopic (exact) mass is 586 g/mol. The molecule has 3 aromatic rings. The summed E-state index contributed by atoms with van der Waals surface area (Å²) in [6.45, 7) is 2.89. The fourth-order valence-corrected chi connectivity index (χ4v) is 5.96. The molecular weight excluding hydrogens is 547 g/mol. The Morgan fingerprint density at radius 1 is 0.930 bits per heavy atom. The lowest BCUT2D eigenvalue weighted by Gasteiger charge is -2.51. The van der Waals surface area contributed by atoms with Gasteiger partial charge in [-0.1, -0.05) is 72.8 Å². The van der Waals surface area contributed by atoms with Crippen molar-refractivity contribution >= 4 is 17.9 Å². The maximum absolute atomic E-state index is 14.1. The first-order valence-electron chi connectivity index (χ1n) is 15.0. The first-order valence-corrected chi connectivity index (χ1v) is 15.0. The summed E-state index contributed by atoms with van der Waals surface area (Å²) in [5, 5.41) is 5.71. The van der Waals surface area contributed by atoms with E-state index in [2.05, 4.69) is 27.7 Å². The highest BCUT2D eigenvalue weighted by Gasteiger charge is 2.53. The molecular formula is C34H39FN4O4. The van der Waals surface area contributed by atoms with Crippen LogP contribution < -0.4 is 10.6 Å². The first kappa shape index (κ1) is 30.2. The smallest absolute Gasteiger partial charge is 0.407 e. The van der Waals surface area contributed by atoms with Gasteiger partial charge in [0.1, 0.15) is 24.0 Å². The van der Waals surface area contributed by atoms with E-state index in [0.29, 0.717) is 50.9 Å². The first-order chi connectivity index (χ1) is 20.9. The molecule has 0 aromatic heterocycles. The zero-order chi connectivity index (χ0) is 30.1. The van der Waals surface area contributed by atoms with E-state index in [1.807, 2.05) is 48.5 Å². The average molecular weight is 587 g/mol. The normalized spacial score (nSPS) is 18.3. The minimum atomic E-state index is -0.983. The van der Waals surface area contributed by atoms with Crippen LogP contribution in [0.15, 0.2) is 84.9 Å². The standard InChI is InChI=1S/C34H39FN4O4/c35-29-14-7-13-28(23-29)24-39-31(40)30(15-8-19-36-33(42)43-25-27-11-5-2-6-12-27)37-32(41)34(39)17-21-38(22-18-34)20-16-26-9-3-1-4-10-26/h1-7,9-14,23,30H,8,15-22,24-25H2,(H,36,42)(H,37,41)/t30-/m0/s1. The molecule has 1 atom stereocenters. The number of benzene rings is 3. The Balaban J connectivity index is 1.18. The van der Waals surface area contributed by atoms with E-state index >= 15 is 0 Å². The molecule has 1 spiro atoms. The molecule has 5 rings (SSSR count). The number of ether oxygens (including phenoxy) is 1. The minimum Gasteiger partial charge on any atom is -0.445 e. The summed E-state index contributed by atoms with van der Waals surface area (Å²) < 4.78 is 19.3. The molecule has 0 aliphatic carbocycles. The number of nitrogens with one attached hydrogen (secondary N) is 2. The fourth-order valence-electron chi connectivity index (χ4n) is 5.96. The fraction of sp³-hybridized carbons (Fsp3) is 0.382. The van der Waals surface area contributed by atoms with Crippen LogP contribution in [-0.2, 0) is 33.9 Å². The van der Waals surface area contributed by atoms with Crippen LogP contribution in [0, 0.1) is 5.82 Å². The number of alkyl carbamates (subject to hydrolysis) is 1. The van der Waals surface area contributed by atoms with Crippen LogP contribution in [0.5, 0.6) is 0 Å². The van der Waals surface area contributed by atoms with Crippen LogP contribution >= 0.6 is 0 Å². The van der Waals surface area contributed by atoms with Crippen LogP contribution in [0.1, 0.15) is 42.4 Å². The lowest BCUT2D eigenvalue weighted by molar-refractivity contribution is -0.162. The largest absolute Gasteiger partial charge is 0.445 e. The Morgan fingerprint density at radius 2 is 1.60 bits per heavy atom. The zero-order valence-electron chi connectivity index (χ0n) is 24.3. The molecule has 0 bridgehead atoms. The van der Waals surface area contributed by atoms with Crippen LogP contribution in [0.4, 0.5) is 9.18 Å². The molecule has 0 unspecified atom stereocenters. The molecule has 2 saturated heterocycles. The van der Waals surface area contributed by atoms with E-state index in [1.54, 1.807) is 17.0 Å². The number of amides is 3. The Morgan fingerprint density at radius 3 is 2.30 bits per heavy atom. The summed E-state index contributed by atoms with van der Waals surface area (Å²) >= 11 is 0. The molecule has 2 heterocycles. The number of likely N-dealkylation sites (tertiary alicyclic amines) is 1. The number of nitrogens with zero attached hydrogens (tertiary/aromatic N) is 2. The summed E-state index contributed by atoms with van der Waals surface area (Å²) in [7, 11) is 0. The summed E-state index contributed by atoms with van der Waals surface area (Å²) in [5.74, 6) is -0.711. The van der Waals surface area contributed by atoms with Gasteiger partial charge in [-0.25, -0.2) is 9.18 Å². The van der Waals surface area contributed by atoms with Crippen molar-refractivity contribution in [2.45, 2.75) is 56.8 Å². The van der Waals surface area contributed by atoms with Crippen molar-refractivity contribution < 1.29 is 23.5 Å².